The summed E-state index contributed by atoms with van der Waals surface area (Å²) in [5.41, 5.74) is 1.06. The van der Waals surface area contributed by atoms with E-state index in [-0.39, 0.29) is 0 Å². The van der Waals surface area contributed by atoms with Gasteiger partial charge in [-0.05, 0) is 22.0 Å². The van der Waals surface area contributed by atoms with E-state index in [1.54, 1.807) is 6.20 Å². The van der Waals surface area contributed by atoms with Crippen LogP contribution in [0.1, 0.15) is 5.56 Å². The zero-order chi connectivity index (χ0) is 10.7. The van der Waals surface area contributed by atoms with Gasteiger partial charge in [-0.3, -0.25) is 0 Å². The SMILES string of the molecule is ClCc1cc(Br)cnc1N1CCOCC1. The van der Waals surface area contributed by atoms with Crippen LogP contribution in [-0.2, 0) is 10.6 Å². The molecule has 15 heavy (non-hydrogen) atoms. The first kappa shape index (κ1) is 11.2. The van der Waals surface area contributed by atoms with Gasteiger partial charge >= 0.3 is 0 Å². The lowest BCUT2D eigenvalue weighted by Gasteiger charge is -2.29. The number of alkyl halides is 1. The van der Waals surface area contributed by atoms with E-state index in [1.165, 1.54) is 0 Å². The summed E-state index contributed by atoms with van der Waals surface area (Å²) >= 11 is 9.30. The molecule has 3 nitrogen and oxygen atoms in total. The molecule has 0 spiro atoms. The minimum absolute atomic E-state index is 0.485. The largest absolute Gasteiger partial charge is 0.378 e. The Hall–Kier alpha value is -0.320. The van der Waals surface area contributed by atoms with Crippen LogP contribution < -0.4 is 4.90 Å². The van der Waals surface area contributed by atoms with Crippen LogP contribution in [0.25, 0.3) is 0 Å². The monoisotopic (exact) mass is 290 g/mol. The molecule has 82 valence electrons. The number of nitrogens with zero attached hydrogens (tertiary/aromatic N) is 2. The number of rotatable bonds is 2. The molecule has 1 saturated heterocycles. The number of hydrogen-bond acceptors (Lipinski definition) is 3. The highest BCUT2D eigenvalue weighted by Crippen LogP contribution is 2.23. The molecule has 2 rings (SSSR count). The summed E-state index contributed by atoms with van der Waals surface area (Å²) in [6.07, 6.45) is 1.81. The fraction of sp³-hybridized carbons (Fsp3) is 0.500. The van der Waals surface area contributed by atoms with Gasteiger partial charge in [0.15, 0.2) is 0 Å². The summed E-state index contributed by atoms with van der Waals surface area (Å²) in [5.74, 6) is 1.47. The molecule has 0 radical (unpaired) electrons. The molecule has 0 unspecified atom stereocenters. The van der Waals surface area contributed by atoms with E-state index in [0.717, 1.165) is 42.2 Å². The molecule has 0 amide bonds. The van der Waals surface area contributed by atoms with E-state index in [0.29, 0.717) is 5.88 Å². The number of morpholine rings is 1. The van der Waals surface area contributed by atoms with E-state index in [2.05, 4.69) is 25.8 Å². The minimum atomic E-state index is 0.485. The third-order valence-corrected chi connectivity index (χ3v) is 3.09. The topological polar surface area (TPSA) is 25.4 Å². The number of hydrogen-bond donors (Lipinski definition) is 0. The second-order valence-electron chi connectivity index (χ2n) is 3.37. The van der Waals surface area contributed by atoms with Crippen molar-refractivity contribution in [2.24, 2.45) is 0 Å². The fourth-order valence-corrected chi connectivity index (χ4v) is 2.21. The van der Waals surface area contributed by atoms with Gasteiger partial charge in [0.2, 0.25) is 0 Å². The minimum Gasteiger partial charge on any atom is -0.378 e. The van der Waals surface area contributed by atoms with Crippen molar-refractivity contribution < 1.29 is 4.74 Å². The van der Waals surface area contributed by atoms with Crippen LogP contribution in [0.4, 0.5) is 5.82 Å². The second kappa shape index (κ2) is 5.14. The maximum Gasteiger partial charge on any atom is 0.133 e. The normalized spacial score (nSPS) is 16.8. The van der Waals surface area contributed by atoms with Gasteiger partial charge in [0, 0.05) is 29.3 Å². The molecular weight excluding hydrogens is 279 g/mol. The predicted molar refractivity (Wildman–Crippen MR) is 64.5 cm³/mol. The van der Waals surface area contributed by atoms with Crippen molar-refractivity contribution in [2.45, 2.75) is 5.88 Å². The number of anilines is 1. The molecule has 0 aliphatic carbocycles. The molecule has 0 saturated carbocycles. The number of aromatic nitrogens is 1. The van der Waals surface area contributed by atoms with Gasteiger partial charge in [-0.15, -0.1) is 11.6 Å². The van der Waals surface area contributed by atoms with Crippen LogP contribution in [0, 0.1) is 0 Å². The summed E-state index contributed by atoms with van der Waals surface area (Å²) in [6.45, 7) is 3.30. The van der Waals surface area contributed by atoms with Crippen molar-refractivity contribution in [2.75, 3.05) is 31.2 Å². The van der Waals surface area contributed by atoms with Gasteiger partial charge in [-0.2, -0.15) is 0 Å². The molecule has 0 bridgehead atoms. The van der Waals surface area contributed by atoms with Crippen molar-refractivity contribution >= 4 is 33.3 Å². The third-order valence-electron chi connectivity index (χ3n) is 2.36. The Labute approximate surface area is 103 Å². The Morgan fingerprint density at radius 2 is 2.20 bits per heavy atom. The van der Waals surface area contributed by atoms with Gasteiger partial charge < -0.3 is 9.64 Å². The van der Waals surface area contributed by atoms with Crippen LogP contribution in [0.15, 0.2) is 16.7 Å². The molecule has 1 aromatic heterocycles. The Bertz CT molecular complexity index is 342. The lowest BCUT2D eigenvalue weighted by atomic mass is 10.2. The molecule has 2 heterocycles. The molecule has 5 heteroatoms. The molecule has 1 fully saturated rings. The van der Waals surface area contributed by atoms with Crippen LogP contribution in [0.3, 0.4) is 0 Å². The molecule has 0 atom stereocenters. The first-order valence-electron chi connectivity index (χ1n) is 4.84. The van der Waals surface area contributed by atoms with E-state index >= 15 is 0 Å². The average molecular weight is 292 g/mol. The van der Waals surface area contributed by atoms with E-state index in [4.69, 9.17) is 16.3 Å². The summed E-state index contributed by atoms with van der Waals surface area (Å²) in [6, 6.07) is 2.02. The standard InChI is InChI=1S/C10H12BrClN2O/c11-9-5-8(6-12)10(13-7-9)14-1-3-15-4-2-14/h5,7H,1-4,6H2. The van der Waals surface area contributed by atoms with Crippen molar-refractivity contribution in [3.8, 4) is 0 Å². The van der Waals surface area contributed by atoms with Crippen LogP contribution >= 0.6 is 27.5 Å². The quantitative estimate of drug-likeness (QED) is 0.783. The van der Waals surface area contributed by atoms with Gasteiger partial charge in [0.1, 0.15) is 5.82 Å². The Morgan fingerprint density at radius 3 is 2.87 bits per heavy atom. The Balaban J connectivity index is 2.25. The molecule has 0 aromatic carbocycles. The average Bonchev–Trinajstić information content (AvgIpc) is 2.30. The lowest BCUT2D eigenvalue weighted by molar-refractivity contribution is 0.122. The van der Waals surface area contributed by atoms with Crippen molar-refractivity contribution in [1.82, 2.24) is 4.98 Å². The summed E-state index contributed by atoms with van der Waals surface area (Å²) in [4.78, 5) is 6.63. The molecule has 0 N–H and O–H groups in total. The van der Waals surface area contributed by atoms with Gasteiger partial charge in [-0.1, -0.05) is 0 Å². The smallest absolute Gasteiger partial charge is 0.133 e. The maximum absolute atomic E-state index is 5.90. The number of ether oxygens (including phenoxy) is 1. The van der Waals surface area contributed by atoms with Gasteiger partial charge in [0.05, 0.1) is 19.1 Å². The summed E-state index contributed by atoms with van der Waals surface area (Å²) in [5, 5.41) is 0. The van der Waals surface area contributed by atoms with Crippen LogP contribution in [0.5, 0.6) is 0 Å². The van der Waals surface area contributed by atoms with Crippen molar-refractivity contribution in [1.29, 1.82) is 0 Å². The van der Waals surface area contributed by atoms with Crippen molar-refractivity contribution in [3.05, 3.63) is 22.3 Å². The summed E-state index contributed by atoms with van der Waals surface area (Å²) in [7, 11) is 0. The van der Waals surface area contributed by atoms with E-state index in [1.807, 2.05) is 6.07 Å². The Kier molecular flexibility index (Phi) is 3.83. The number of pyridine rings is 1. The first-order chi connectivity index (χ1) is 7.31. The lowest BCUT2D eigenvalue weighted by Crippen LogP contribution is -2.37. The third kappa shape index (κ3) is 2.62. The maximum atomic E-state index is 5.90. The highest BCUT2D eigenvalue weighted by molar-refractivity contribution is 9.10. The highest BCUT2D eigenvalue weighted by atomic mass is 79.9. The zero-order valence-electron chi connectivity index (χ0n) is 8.25. The molecular formula is C10H12BrClN2O. The Morgan fingerprint density at radius 1 is 1.47 bits per heavy atom. The molecule has 1 aliphatic heterocycles. The van der Waals surface area contributed by atoms with E-state index in [9.17, 15) is 0 Å². The molecule has 1 aromatic rings. The van der Waals surface area contributed by atoms with Crippen LogP contribution in [0.2, 0.25) is 0 Å². The zero-order valence-corrected chi connectivity index (χ0v) is 10.6. The van der Waals surface area contributed by atoms with E-state index < -0.39 is 0 Å². The predicted octanol–water partition coefficient (Wildman–Crippen LogP) is 2.42. The summed E-state index contributed by atoms with van der Waals surface area (Å²) < 4.78 is 6.27. The fourth-order valence-electron chi connectivity index (χ4n) is 1.63. The second-order valence-corrected chi connectivity index (χ2v) is 4.55. The highest BCUT2D eigenvalue weighted by Gasteiger charge is 2.15. The van der Waals surface area contributed by atoms with Gasteiger partial charge in [0.25, 0.3) is 0 Å². The number of halogens is 2. The van der Waals surface area contributed by atoms with Crippen LogP contribution in [-0.4, -0.2) is 31.3 Å². The van der Waals surface area contributed by atoms with Crippen molar-refractivity contribution in [3.63, 3.8) is 0 Å². The van der Waals surface area contributed by atoms with Gasteiger partial charge in [-0.25, -0.2) is 4.98 Å². The molecule has 1 aliphatic rings. The first-order valence-corrected chi connectivity index (χ1v) is 6.17.